The number of H-pyrrole nitrogens is 4. The van der Waals surface area contributed by atoms with Crippen LogP contribution in [0.4, 0.5) is 0 Å². The van der Waals surface area contributed by atoms with Crippen LogP contribution in [0.25, 0.3) is 0 Å². The number of aromatic amines is 4. The fourth-order valence-electron chi connectivity index (χ4n) is 7.13. The zero-order valence-electron chi connectivity index (χ0n) is 43.5. The molecule has 23 heteroatoms. The molecule has 4 aromatic heterocycles. The van der Waals surface area contributed by atoms with Gasteiger partial charge < -0.3 is 39.3 Å². The Hall–Kier alpha value is -6.17. The molecule has 0 radical (unpaired) electrons. The van der Waals surface area contributed by atoms with Crippen LogP contribution in [0.1, 0.15) is 106 Å². The molecular formula is C58H53Cl9N4O10. The van der Waals surface area contributed by atoms with Crippen LogP contribution in [-0.2, 0) is 57.5 Å². The molecule has 0 fully saturated rings. The van der Waals surface area contributed by atoms with Gasteiger partial charge in [-0.15, -0.1) is 0 Å². The summed E-state index contributed by atoms with van der Waals surface area (Å²) in [5.41, 5.74) is 7.39. The second kappa shape index (κ2) is 35.0. The molecule has 14 nitrogen and oxygen atoms in total. The Balaban J connectivity index is 0.000000223. The van der Waals surface area contributed by atoms with Crippen molar-refractivity contribution in [2.24, 2.45) is 0 Å². The quantitative estimate of drug-likeness (QED) is 0.0237. The first kappa shape index (κ1) is 67.3. The second-order valence-corrected chi connectivity index (χ2v) is 20.9. The Labute approximate surface area is 512 Å². The first-order valence-corrected chi connectivity index (χ1v) is 27.9. The van der Waals surface area contributed by atoms with Crippen LogP contribution in [0, 0.1) is 0 Å². The lowest BCUT2D eigenvalue weighted by atomic mass is 10.1. The number of rotatable bonds is 18. The van der Waals surface area contributed by atoms with Crippen LogP contribution in [0.2, 0.25) is 40.2 Å². The molecule has 8 rings (SSSR count). The van der Waals surface area contributed by atoms with Gasteiger partial charge in [0.05, 0.1) is 19.8 Å². The number of hydrogen-bond donors (Lipinski definition) is 5. The van der Waals surface area contributed by atoms with Gasteiger partial charge in [0.25, 0.3) is 0 Å². The van der Waals surface area contributed by atoms with E-state index in [-0.39, 0.29) is 48.6 Å². The number of carboxylic acids is 1. The number of ether oxygens (including phenoxy) is 3. The molecule has 0 aliphatic carbocycles. The number of benzene rings is 4. The van der Waals surface area contributed by atoms with E-state index in [0.29, 0.717) is 70.3 Å². The Morgan fingerprint density at radius 2 is 0.753 bits per heavy atom. The standard InChI is InChI=1S/C15H13Cl2NO3.C15H15Cl2NO2.C13H11Cl2NO2.C8H5Cl3O.C7H9NO2/c1-2-21-15(20)13-6-10(8-18-13)14(19)5-9-3-11(16)7-12(17)4-9;1-2-20-15(19)14-7-11(9-18-14)4-3-10-5-12(16)8-13(17)6-10;14-10-3-8(4-11(15)6-10)1-2-9-5-12(13(17)18)16-7-9;9-6-1-5(3-8(11)12)2-7(10)4-6;1-2-10-7(9)6-4-3-5-8-6/h3-4,6-8,18H,2,5H2,1H3;5-9,18H,2-4H2,1H3;3-7,16H,1-2H2,(H,17,18);1-2,4H,3H2;3-5,8H,2H2,1H3. The van der Waals surface area contributed by atoms with Crippen molar-refractivity contribution >= 4 is 139 Å². The highest BCUT2D eigenvalue weighted by molar-refractivity contribution is 6.63. The van der Waals surface area contributed by atoms with Crippen molar-refractivity contribution < 1.29 is 48.1 Å². The third-order valence-electron chi connectivity index (χ3n) is 10.6. The monoisotopic (exact) mass is 1280 g/mol. The topological polar surface area (TPSA) is 213 Å². The average Bonchev–Trinajstić information content (AvgIpc) is 4.25. The van der Waals surface area contributed by atoms with Crippen molar-refractivity contribution in [3.05, 3.63) is 230 Å². The molecule has 4 heterocycles. The van der Waals surface area contributed by atoms with Gasteiger partial charge in [-0.05, 0) is 195 Å². The molecule has 0 spiro atoms. The molecule has 4 aromatic carbocycles. The molecule has 0 bridgehead atoms. The number of esters is 3. The van der Waals surface area contributed by atoms with E-state index in [1.54, 1.807) is 99.9 Å². The number of aromatic carboxylic acids is 1. The van der Waals surface area contributed by atoms with Crippen LogP contribution in [0.5, 0.6) is 0 Å². The van der Waals surface area contributed by atoms with Gasteiger partial charge in [0.15, 0.2) is 5.78 Å². The van der Waals surface area contributed by atoms with Gasteiger partial charge in [0.1, 0.15) is 22.8 Å². The van der Waals surface area contributed by atoms with E-state index in [2.05, 4.69) is 19.9 Å². The number of carbonyl (C=O) groups excluding carboxylic acids is 5. The third-order valence-corrected chi connectivity index (χ3v) is 12.5. The first-order chi connectivity index (χ1) is 38.5. The lowest BCUT2D eigenvalue weighted by Gasteiger charge is -2.02. The lowest BCUT2D eigenvalue weighted by Crippen LogP contribution is -2.05. The highest BCUT2D eigenvalue weighted by Crippen LogP contribution is 2.24. The molecule has 5 N–H and O–H groups in total. The Bertz CT molecular complexity index is 3290. The SMILES string of the molecule is CCOC(=O)c1cc(C(=O)Cc2cc(Cl)cc(Cl)c2)c[nH]1.CCOC(=O)c1cc(CCc2cc(Cl)cc(Cl)c2)c[nH]1.CCOC(=O)c1ccc[nH]1.O=C(Cl)Cc1cc(Cl)cc(Cl)c1.O=C(O)c1cc(CCc2cc(Cl)cc(Cl)c2)c[nH]1. The number of Topliss-reactive ketones (excluding diaryl/α,β-unsaturated/α-hetero) is 1. The zero-order valence-corrected chi connectivity index (χ0v) is 50.3. The van der Waals surface area contributed by atoms with Crippen molar-refractivity contribution in [3.8, 4) is 0 Å². The lowest BCUT2D eigenvalue weighted by molar-refractivity contribution is -0.111. The molecule has 0 saturated heterocycles. The van der Waals surface area contributed by atoms with Crippen LogP contribution in [-0.4, -0.2) is 79.8 Å². The first-order valence-electron chi connectivity index (χ1n) is 24.5. The van der Waals surface area contributed by atoms with Gasteiger partial charge in [0, 0.05) is 83.4 Å². The maximum atomic E-state index is 12.2. The van der Waals surface area contributed by atoms with E-state index in [4.69, 9.17) is 124 Å². The summed E-state index contributed by atoms with van der Waals surface area (Å²) in [5.74, 6) is -2.20. The van der Waals surface area contributed by atoms with Gasteiger partial charge in [-0.1, -0.05) is 92.8 Å². The summed E-state index contributed by atoms with van der Waals surface area (Å²) in [5, 5.41) is 12.8. The van der Waals surface area contributed by atoms with E-state index in [0.717, 1.165) is 59.1 Å². The summed E-state index contributed by atoms with van der Waals surface area (Å²) in [4.78, 5) is 78.4. The largest absolute Gasteiger partial charge is 0.477 e. The number of carboxylic acid groups (broad SMARTS) is 1. The molecular weight excluding hydrogens is 1230 g/mol. The predicted molar refractivity (Wildman–Crippen MR) is 321 cm³/mol. The molecule has 81 heavy (non-hydrogen) atoms. The Morgan fingerprint density at radius 1 is 0.407 bits per heavy atom. The summed E-state index contributed by atoms with van der Waals surface area (Å²) in [6, 6.07) is 29.2. The number of aryl methyl sites for hydroxylation is 4. The number of ketones is 1. The normalized spacial score (nSPS) is 10.3. The van der Waals surface area contributed by atoms with Gasteiger partial charge in [0.2, 0.25) is 5.24 Å². The van der Waals surface area contributed by atoms with Crippen LogP contribution in [0.15, 0.2) is 128 Å². The van der Waals surface area contributed by atoms with Crippen LogP contribution >= 0.6 is 104 Å². The number of nitrogens with one attached hydrogen (secondary N) is 4. The van der Waals surface area contributed by atoms with Gasteiger partial charge in [-0.25, -0.2) is 19.2 Å². The van der Waals surface area contributed by atoms with Crippen molar-refractivity contribution in [1.29, 1.82) is 0 Å². The van der Waals surface area contributed by atoms with Crippen molar-refractivity contribution in [2.75, 3.05) is 19.8 Å². The average molecular weight is 1290 g/mol. The number of carbonyl (C=O) groups is 6. The fourth-order valence-corrected chi connectivity index (χ4v) is 9.57. The van der Waals surface area contributed by atoms with Crippen molar-refractivity contribution in [2.45, 2.75) is 59.3 Å². The minimum atomic E-state index is -0.952. The fraction of sp³-hybridized carbons (Fsp3) is 0.207. The van der Waals surface area contributed by atoms with Crippen molar-refractivity contribution in [1.82, 2.24) is 19.9 Å². The maximum Gasteiger partial charge on any atom is 0.354 e. The summed E-state index contributed by atoms with van der Waals surface area (Å²) in [7, 11) is 0. The molecule has 0 aliphatic rings. The number of aromatic nitrogens is 4. The molecule has 0 aliphatic heterocycles. The number of halogens is 9. The number of hydrogen-bond acceptors (Lipinski definition) is 9. The van der Waals surface area contributed by atoms with E-state index in [1.807, 2.05) is 36.5 Å². The van der Waals surface area contributed by atoms with Crippen LogP contribution < -0.4 is 0 Å². The highest BCUT2D eigenvalue weighted by atomic mass is 35.5. The van der Waals surface area contributed by atoms with Gasteiger partial charge in [-0.2, -0.15) is 0 Å². The summed E-state index contributed by atoms with van der Waals surface area (Å²) >= 11 is 52.1. The zero-order chi connectivity index (χ0) is 59.6. The molecule has 8 aromatic rings. The van der Waals surface area contributed by atoms with Crippen LogP contribution in [0.3, 0.4) is 0 Å². The van der Waals surface area contributed by atoms with E-state index in [1.165, 1.54) is 12.3 Å². The maximum absolute atomic E-state index is 12.2. The molecule has 0 atom stereocenters. The highest BCUT2D eigenvalue weighted by Gasteiger charge is 2.16. The van der Waals surface area contributed by atoms with Crippen molar-refractivity contribution in [3.63, 3.8) is 0 Å². The molecule has 0 saturated carbocycles. The summed E-state index contributed by atoms with van der Waals surface area (Å²) in [6.07, 6.45) is 10.1. The second-order valence-electron chi connectivity index (χ2n) is 16.9. The Kier molecular flexibility index (Phi) is 29.1. The third kappa shape index (κ3) is 25.2. The molecule has 0 unspecified atom stereocenters. The van der Waals surface area contributed by atoms with Gasteiger partial charge in [-0.3, -0.25) is 9.59 Å². The smallest absolute Gasteiger partial charge is 0.354 e. The molecule has 428 valence electrons. The minimum Gasteiger partial charge on any atom is -0.477 e. The molecule has 0 amide bonds. The minimum absolute atomic E-state index is 0.139. The Morgan fingerprint density at radius 3 is 1.12 bits per heavy atom. The van der Waals surface area contributed by atoms with Gasteiger partial charge >= 0.3 is 23.9 Å². The summed E-state index contributed by atoms with van der Waals surface area (Å²) < 4.78 is 14.5. The summed E-state index contributed by atoms with van der Waals surface area (Å²) in [6.45, 7) is 6.34. The van der Waals surface area contributed by atoms with E-state index < -0.39 is 17.2 Å². The predicted octanol–water partition coefficient (Wildman–Crippen LogP) is 16.5. The van der Waals surface area contributed by atoms with E-state index in [9.17, 15) is 28.8 Å². The van der Waals surface area contributed by atoms with E-state index >= 15 is 0 Å².